The van der Waals surface area contributed by atoms with E-state index in [0.717, 1.165) is 12.1 Å². The summed E-state index contributed by atoms with van der Waals surface area (Å²) in [6, 6.07) is 8.68. The number of nitrogens with zero attached hydrogens (tertiary/aromatic N) is 4. The SMILES string of the molecule is N#Cc1c(N)nc2c(c1-c1c(F)cccc1F)CN(C(=O)c1cccnc1)CC2.O=CO. The first-order valence-electron chi connectivity index (χ1n) is 9.35. The van der Waals surface area contributed by atoms with Crippen molar-refractivity contribution in [2.45, 2.75) is 13.0 Å². The molecule has 8 nitrogen and oxygen atoms in total. The average molecular weight is 437 g/mol. The summed E-state index contributed by atoms with van der Waals surface area (Å²) >= 11 is 0. The largest absolute Gasteiger partial charge is 0.483 e. The molecular weight excluding hydrogens is 420 g/mol. The predicted octanol–water partition coefficient (Wildman–Crippen LogP) is 2.77. The molecule has 1 amide bonds. The lowest BCUT2D eigenvalue weighted by atomic mass is 9.90. The highest BCUT2D eigenvalue weighted by Gasteiger charge is 2.30. The molecule has 0 radical (unpaired) electrons. The maximum Gasteiger partial charge on any atom is 0.290 e. The summed E-state index contributed by atoms with van der Waals surface area (Å²) in [4.78, 5) is 31.0. The van der Waals surface area contributed by atoms with Crippen LogP contribution in [0.3, 0.4) is 0 Å². The van der Waals surface area contributed by atoms with Gasteiger partial charge in [-0.1, -0.05) is 6.07 Å². The van der Waals surface area contributed by atoms with Gasteiger partial charge in [0.15, 0.2) is 0 Å². The Bertz CT molecular complexity index is 1190. The summed E-state index contributed by atoms with van der Waals surface area (Å²) in [6.45, 7) is 0.159. The monoisotopic (exact) mass is 437 g/mol. The van der Waals surface area contributed by atoms with Crippen molar-refractivity contribution in [2.24, 2.45) is 0 Å². The van der Waals surface area contributed by atoms with Gasteiger partial charge in [-0.15, -0.1) is 0 Å². The van der Waals surface area contributed by atoms with Gasteiger partial charge in [-0.2, -0.15) is 5.26 Å². The Hall–Kier alpha value is -4.39. The zero-order valence-corrected chi connectivity index (χ0v) is 16.6. The Morgan fingerprint density at radius 3 is 2.50 bits per heavy atom. The van der Waals surface area contributed by atoms with E-state index in [2.05, 4.69) is 9.97 Å². The number of carboxylic acid groups (broad SMARTS) is 1. The highest BCUT2D eigenvalue weighted by atomic mass is 19.1. The van der Waals surface area contributed by atoms with Crippen LogP contribution in [0.15, 0.2) is 42.7 Å². The van der Waals surface area contributed by atoms with Crippen molar-refractivity contribution in [1.29, 1.82) is 5.26 Å². The van der Waals surface area contributed by atoms with Crippen LogP contribution in [0.5, 0.6) is 0 Å². The lowest BCUT2D eigenvalue weighted by Gasteiger charge is -2.30. The first-order chi connectivity index (χ1) is 15.4. The van der Waals surface area contributed by atoms with Crippen molar-refractivity contribution in [1.82, 2.24) is 14.9 Å². The number of amides is 1. The van der Waals surface area contributed by atoms with Crippen molar-refractivity contribution in [3.63, 3.8) is 0 Å². The van der Waals surface area contributed by atoms with Gasteiger partial charge in [-0.3, -0.25) is 14.6 Å². The molecule has 0 aliphatic carbocycles. The second-order valence-corrected chi connectivity index (χ2v) is 6.70. The van der Waals surface area contributed by atoms with E-state index in [1.165, 1.54) is 12.3 Å². The lowest BCUT2D eigenvalue weighted by molar-refractivity contribution is -0.122. The molecule has 10 heteroatoms. The molecule has 4 rings (SSSR count). The van der Waals surface area contributed by atoms with Crippen molar-refractivity contribution < 1.29 is 23.5 Å². The molecular formula is C22H17F2N5O3. The van der Waals surface area contributed by atoms with E-state index in [0.29, 0.717) is 29.8 Å². The Kier molecular flexibility index (Phi) is 6.70. The minimum atomic E-state index is -0.815. The smallest absolute Gasteiger partial charge is 0.290 e. The van der Waals surface area contributed by atoms with E-state index in [4.69, 9.17) is 15.6 Å². The fourth-order valence-electron chi connectivity index (χ4n) is 3.55. The number of hydrogen-bond donors (Lipinski definition) is 2. The van der Waals surface area contributed by atoms with Crippen LogP contribution in [-0.4, -0.2) is 38.9 Å². The first-order valence-corrected chi connectivity index (χ1v) is 9.35. The standard InChI is InChI=1S/C21H15F2N5O.CH2O2/c22-15-4-1-5-16(23)19(15)18-13(9-24)20(25)27-17-6-8-28(11-14(17)18)21(29)12-3-2-7-26-10-12;2-1-3/h1-5,7,10H,6,8,11H2,(H2,25,27);1H,(H,2,3). The molecule has 0 unspecified atom stereocenters. The molecule has 3 N–H and O–H groups in total. The van der Waals surface area contributed by atoms with E-state index in [9.17, 15) is 18.8 Å². The number of aromatic nitrogens is 2. The molecule has 3 aromatic rings. The van der Waals surface area contributed by atoms with Gasteiger partial charge in [0.2, 0.25) is 0 Å². The third-order valence-electron chi connectivity index (χ3n) is 4.90. The molecule has 0 fully saturated rings. The number of hydrogen-bond acceptors (Lipinski definition) is 6. The van der Waals surface area contributed by atoms with Gasteiger partial charge in [0.05, 0.1) is 16.8 Å². The van der Waals surface area contributed by atoms with Crippen molar-refractivity contribution >= 4 is 18.2 Å². The highest BCUT2D eigenvalue weighted by molar-refractivity contribution is 5.94. The van der Waals surface area contributed by atoms with E-state index in [-0.39, 0.29) is 41.4 Å². The number of nitrogens with two attached hydrogens (primary N) is 1. The van der Waals surface area contributed by atoms with Crippen LogP contribution in [0.2, 0.25) is 0 Å². The van der Waals surface area contributed by atoms with E-state index in [1.54, 1.807) is 23.2 Å². The van der Waals surface area contributed by atoms with Gasteiger partial charge in [-0.25, -0.2) is 13.8 Å². The predicted molar refractivity (Wildman–Crippen MR) is 110 cm³/mol. The van der Waals surface area contributed by atoms with Crippen molar-refractivity contribution in [2.75, 3.05) is 12.3 Å². The van der Waals surface area contributed by atoms with Crippen LogP contribution in [-0.2, 0) is 17.8 Å². The molecule has 1 aliphatic heterocycles. The molecule has 32 heavy (non-hydrogen) atoms. The summed E-state index contributed by atoms with van der Waals surface area (Å²) in [7, 11) is 0. The Labute approximate surface area is 181 Å². The average Bonchev–Trinajstić information content (AvgIpc) is 2.79. The number of rotatable bonds is 2. The molecule has 0 saturated carbocycles. The Morgan fingerprint density at radius 2 is 1.91 bits per heavy atom. The molecule has 0 spiro atoms. The van der Waals surface area contributed by atoms with Gasteiger partial charge < -0.3 is 15.7 Å². The number of carbonyl (C=O) groups is 2. The molecule has 0 saturated heterocycles. The van der Waals surface area contributed by atoms with E-state index >= 15 is 0 Å². The fraction of sp³-hybridized carbons (Fsp3) is 0.136. The first kappa shape index (κ1) is 22.3. The topological polar surface area (TPSA) is 133 Å². The molecule has 1 aliphatic rings. The van der Waals surface area contributed by atoms with Crippen LogP contribution < -0.4 is 5.73 Å². The van der Waals surface area contributed by atoms with E-state index < -0.39 is 11.6 Å². The van der Waals surface area contributed by atoms with Crippen LogP contribution in [0.4, 0.5) is 14.6 Å². The minimum Gasteiger partial charge on any atom is -0.483 e. The third-order valence-corrected chi connectivity index (χ3v) is 4.90. The summed E-state index contributed by atoms with van der Waals surface area (Å²) < 4.78 is 29.2. The number of nitriles is 1. The van der Waals surface area contributed by atoms with E-state index in [1.807, 2.05) is 6.07 Å². The second kappa shape index (κ2) is 9.61. The third kappa shape index (κ3) is 4.22. The number of fused-ring (bicyclic) bond motifs is 1. The molecule has 3 heterocycles. The number of benzene rings is 1. The Morgan fingerprint density at radius 1 is 1.22 bits per heavy atom. The second-order valence-electron chi connectivity index (χ2n) is 6.70. The Balaban J connectivity index is 0.000000913. The summed E-state index contributed by atoms with van der Waals surface area (Å²) in [5.41, 5.74) is 6.86. The van der Waals surface area contributed by atoms with Crippen LogP contribution >= 0.6 is 0 Å². The fourth-order valence-corrected chi connectivity index (χ4v) is 3.55. The quantitative estimate of drug-likeness (QED) is 0.589. The maximum absolute atomic E-state index is 14.6. The maximum atomic E-state index is 14.6. The number of pyridine rings is 2. The van der Waals surface area contributed by atoms with Gasteiger partial charge in [0, 0.05) is 43.0 Å². The van der Waals surface area contributed by atoms with Gasteiger partial charge in [0.1, 0.15) is 29.1 Å². The molecule has 162 valence electrons. The molecule has 1 aromatic carbocycles. The number of halogens is 2. The molecule has 0 atom stereocenters. The number of carbonyl (C=O) groups excluding carboxylic acids is 1. The van der Waals surface area contributed by atoms with Gasteiger partial charge >= 0.3 is 0 Å². The van der Waals surface area contributed by atoms with Crippen LogP contribution in [0.25, 0.3) is 11.1 Å². The highest BCUT2D eigenvalue weighted by Crippen LogP contribution is 2.37. The van der Waals surface area contributed by atoms with Gasteiger partial charge in [0.25, 0.3) is 12.4 Å². The van der Waals surface area contributed by atoms with Crippen LogP contribution in [0, 0.1) is 23.0 Å². The summed E-state index contributed by atoms with van der Waals surface area (Å²) in [6.07, 6.45) is 3.37. The van der Waals surface area contributed by atoms with Crippen molar-refractivity contribution in [3.8, 4) is 17.2 Å². The van der Waals surface area contributed by atoms with Crippen molar-refractivity contribution in [3.05, 3.63) is 76.7 Å². The molecule has 2 aromatic heterocycles. The number of nitrogen functional groups attached to an aromatic ring is 1. The molecule has 0 bridgehead atoms. The summed E-state index contributed by atoms with van der Waals surface area (Å²) in [5, 5.41) is 16.5. The minimum absolute atomic E-state index is 0.0497. The zero-order valence-electron chi connectivity index (χ0n) is 16.6. The lowest BCUT2D eigenvalue weighted by Crippen LogP contribution is -2.37. The number of anilines is 1. The normalized spacial score (nSPS) is 12.1. The van der Waals surface area contributed by atoms with Gasteiger partial charge in [-0.05, 0) is 24.3 Å². The van der Waals surface area contributed by atoms with Crippen LogP contribution in [0.1, 0.15) is 27.2 Å². The zero-order chi connectivity index (χ0) is 23.3. The summed E-state index contributed by atoms with van der Waals surface area (Å²) in [5.74, 6) is -1.98.